The molecule has 0 unspecified atom stereocenters. The topological polar surface area (TPSA) is 88.7 Å². The summed E-state index contributed by atoms with van der Waals surface area (Å²) in [6.07, 6.45) is 4.42. The van der Waals surface area contributed by atoms with Crippen LogP contribution < -0.4 is 25.4 Å². The molecule has 0 bridgehead atoms. The number of hydrogen-bond acceptors (Lipinski definition) is 5. The quantitative estimate of drug-likeness (QED) is 0.750. The molecule has 1 aliphatic carbocycles. The van der Waals surface area contributed by atoms with Crippen LogP contribution in [-0.4, -0.2) is 44.2 Å². The average Bonchev–Trinajstić information content (AvgIpc) is 2.62. The van der Waals surface area contributed by atoms with Crippen LogP contribution in [0.4, 0.5) is 5.69 Å². The van der Waals surface area contributed by atoms with E-state index in [1.807, 2.05) is 0 Å². The maximum absolute atomic E-state index is 12.4. The lowest BCUT2D eigenvalue weighted by molar-refractivity contribution is -0.129. The van der Waals surface area contributed by atoms with E-state index in [-0.39, 0.29) is 30.3 Å². The standard InChI is InChI=1S/C18H25N3O4/c1-24-11-7-8-16(25-2)14(9-11)20-17(22)10-15-18(23)21-13-6-4-3-5-12(13)19-15/h7-9,12-13,15,19H,3-6,10H2,1-2H3,(H,20,22)(H,21,23)/t12-,13-,15+/m1/s1. The Hall–Kier alpha value is -2.28. The number of methoxy groups -OCH3 is 2. The zero-order valence-electron chi connectivity index (χ0n) is 14.6. The Kier molecular flexibility index (Phi) is 5.43. The van der Waals surface area contributed by atoms with Crippen LogP contribution >= 0.6 is 0 Å². The highest BCUT2D eigenvalue weighted by atomic mass is 16.5. The van der Waals surface area contributed by atoms with Crippen molar-refractivity contribution in [3.05, 3.63) is 18.2 Å². The van der Waals surface area contributed by atoms with Crippen LogP contribution in [0.2, 0.25) is 0 Å². The first-order valence-corrected chi connectivity index (χ1v) is 8.69. The molecule has 7 heteroatoms. The van der Waals surface area contributed by atoms with E-state index in [2.05, 4.69) is 16.0 Å². The summed E-state index contributed by atoms with van der Waals surface area (Å²) < 4.78 is 10.4. The number of rotatable bonds is 5. The fraction of sp³-hybridized carbons (Fsp3) is 0.556. The number of amides is 2. The van der Waals surface area contributed by atoms with Gasteiger partial charge in [0, 0.05) is 18.2 Å². The summed E-state index contributed by atoms with van der Waals surface area (Å²) in [5.74, 6) is 0.821. The molecule has 3 rings (SSSR count). The minimum Gasteiger partial charge on any atom is -0.497 e. The van der Waals surface area contributed by atoms with E-state index < -0.39 is 6.04 Å². The first kappa shape index (κ1) is 17.5. The van der Waals surface area contributed by atoms with E-state index >= 15 is 0 Å². The molecule has 25 heavy (non-hydrogen) atoms. The number of nitrogens with one attached hydrogen (secondary N) is 3. The minimum atomic E-state index is -0.504. The molecular weight excluding hydrogens is 322 g/mol. The van der Waals surface area contributed by atoms with Crippen LogP contribution in [0.1, 0.15) is 32.1 Å². The molecule has 1 saturated carbocycles. The van der Waals surface area contributed by atoms with Gasteiger partial charge in [0.05, 0.1) is 32.4 Å². The van der Waals surface area contributed by atoms with Crippen molar-refractivity contribution in [2.24, 2.45) is 0 Å². The molecule has 0 spiro atoms. The highest BCUT2D eigenvalue weighted by molar-refractivity contribution is 5.96. The lowest BCUT2D eigenvalue weighted by atomic mass is 9.87. The highest BCUT2D eigenvalue weighted by Gasteiger charge is 2.37. The summed E-state index contributed by atoms with van der Waals surface area (Å²) >= 11 is 0. The van der Waals surface area contributed by atoms with Crippen molar-refractivity contribution >= 4 is 17.5 Å². The Bertz CT molecular complexity index is 649. The van der Waals surface area contributed by atoms with Gasteiger partial charge in [-0.1, -0.05) is 12.8 Å². The lowest BCUT2D eigenvalue weighted by Gasteiger charge is -2.40. The fourth-order valence-electron chi connectivity index (χ4n) is 3.57. The molecule has 136 valence electrons. The van der Waals surface area contributed by atoms with Crippen LogP contribution in [0.3, 0.4) is 0 Å². The Balaban J connectivity index is 1.63. The molecule has 1 saturated heterocycles. The van der Waals surface area contributed by atoms with Crippen LogP contribution in [0, 0.1) is 0 Å². The average molecular weight is 347 g/mol. The molecule has 1 heterocycles. The van der Waals surface area contributed by atoms with E-state index in [4.69, 9.17) is 9.47 Å². The maximum atomic E-state index is 12.4. The van der Waals surface area contributed by atoms with Gasteiger partial charge >= 0.3 is 0 Å². The van der Waals surface area contributed by atoms with Crippen molar-refractivity contribution in [1.29, 1.82) is 0 Å². The van der Waals surface area contributed by atoms with E-state index in [1.54, 1.807) is 25.3 Å². The molecule has 1 aromatic carbocycles. The largest absolute Gasteiger partial charge is 0.497 e. The van der Waals surface area contributed by atoms with Gasteiger partial charge < -0.3 is 25.4 Å². The second-order valence-corrected chi connectivity index (χ2v) is 6.54. The molecule has 3 atom stereocenters. The monoisotopic (exact) mass is 347 g/mol. The SMILES string of the molecule is COc1ccc(OC)c(NC(=O)C[C@@H]2N[C@@H]3CCCC[C@H]3NC2=O)c1. The predicted octanol–water partition coefficient (Wildman–Crippen LogP) is 1.43. The van der Waals surface area contributed by atoms with Crippen molar-refractivity contribution in [2.75, 3.05) is 19.5 Å². The summed E-state index contributed by atoms with van der Waals surface area (Å²) in [5.41, 5.74) is 0.526. The second-order valence-electron chi connectivity index (χ2n) is 6.54. The maximum Gasteiger partial charge on any atom is 0.237 e. The Morgan fingerprint density at radius 1 is 1.20 bits per heavy atom. The summed E-state index contributed by atoms with van der Waals surface area (Å²) in [6, 6.07) is 5.13. The molecule has 3 N–H and O–H groups in total. The van der Waals surface area contributed by atoms with Gasteiger partial charge in [-0.3, -0.25) is 9.59 Å². The van der Waals surface area contributed by atoms with Crippen molar-refractivity contribution < 1.29 is 19.1 Å². The summed E-state index contributed by atoms with van der Waals surface area (Å²) in [6.45, 7) is 0. The van der Waals surface area contributed by atoms with Crippen molar-refractivity contribution in [1.82, 2.24) is 10.6 Å². The van der Waals surface area contributed by atoms with Gasteiger partial charge in [0.1, 0.15) is 11.5 Å². The Labute approximate surface area is 147 Å². The minimum absolute atomic E-state index is 0.0788. The van der Waals surface area contributed by atoms with Gasteiger partial charge in [0.25, 0.3) is 0 Å². The van der Waals surface area contributed by atoms with Gasteiger partial charge in [-0.25, -0.2) is 0 Å². The van der Waals surface area contributed by atoms with E-state index in [1.165, 1.54) is 7.11 Å². The van der Waals surface area contributed by atoms with Gasteiger partial charge in [0.15, 0.2) is 0 Å². The third kappa shape index (κ3) is 4.04. The van der Waals surface area contributed by atoms with Gasteiger partial charge in [-0.15, -0.1) is 0 Å². The van der Waals surface area contributed by atoms with Crippen molar-refractivity contribution in [3.63, 3.8) is 0 Å². The molecule has 0 aromatic heterocycles. The third-order valence-electron chi connectivity index (χ3n) is 4.90. The van der Waals surface area contributed by atoms with Gasteiger partial charge in [0.2, 0.25) is 11.8 Å². The van der Waals surface area contributed by atoms with E-state index in [0.717, 1.165) is 25.7 Å². The lowest BCUT2D eigenvalue weighted by Crippen LogP contribution is -2.65. The number of carbonyl (C=O) groups is 2. The van der Waals surface area contributed by atoms with E-state index in [0.29, 0.717) is 17.2 Å². The Morgan fingerprint density at radius 3 is 2.68 bits per heavy atom. The molecule has 7 nitrogen and oxygen atoms in total. The fourth-order valence-corrected chi connectivity index (χ4v) is 3.57. The summed E-state index contributed by atoms with van der Waals surface area (Å²) in [5, 5.41) is 9.21. The van der Waals surface area contributed by atoms with Crippen LogP contribution in [0.25, 0.3) is 0 Å². The number of ether oxygens (including phenoxy) is 2. The van der Waals surface area contributed by atoms with Crippen molar-refractivity contribution in [2.45, 2.75) is 50.2 Å². The third-order valence-corrected chi connectivity index (χ3v) is 4.90. The van der Waals surface area contributed by atoms with E-state index in [9.17, 15) is 9.59 Å². The van der Waals surface area contributed by atoms with Crippen molar-refractivity contribution in [3.8, 4) is 11.5 Å². The number of fused-ring (bicyclic) bond motifs is 1. The second kappa shape index (κ2) is 7.74. The number of hydrogen-bond donors (Lipinski definition) is 3. The zero-order chi connectivity index (χ0) is 17.8. The number of piperazine rings is 1. The summed E-state index contributed by atoms with van der Waals surface area (Å²) in [7, 11) is 3.10. The molecule has 2 amide bonds. The van der Waals surface area contributed by atoms with Gasteiger partial charge in [-0.2, -0.15) is 0 Å². The number of benzene rings is 1. The summed E-state index contributed by atoms with van der Waals surface area (Å²) in [4.78, 5) is 24.7. The van der Waals surface area contributed by atoms with Gasteiger partial charge in [-0.05, 0) is 25.0 Å². The molecule has 1 aromatic rings. The predicted molar refractivity (Wildman–Crippen MR) is 93.9 cm³/mol. The molecule has 2 fully saturated rings. The van der Waals surface area contributed by atoms with Crippen LogP contribution in [-0.2, 0) is 9.59 Å². The first-order chi connectivity index (χ1) is 12.1. The Morgan fingerprint density at radius 2 is 1.96 bits per heavy atom. The van der Waals surface area contributed by atoms with Crippen LogP contribution in [0.5, 0.6) is 11.5 Å². The number of carbonyl (C=O) groups excluding carboxylic acids is 2. The number of anilines is 1. The highest BCUT2D eigenvalue weighted by Crippen LogP contribution is 2.29. The smallest absolute Gasteiger partial charge is 0.237 e. The molecule has 2 aliphatic rings. The van der Waals surface area contributed by atoms with Crippen LogP contribution in [0.15, 0.2) is 18.2 Å². The normalized spacial score (nSPS) is 25.5. The molecular formula is C18H25N3O4. The first-order valence-electron chi connectivity index (χ1n) is 8.69. The molecule has 0 radical (unpaired) electrons. The molecule has 1 aliphatic heterocycles. The zero-order valence-corrected chi connectivity index (χ0v) is 14.6.